The first kappa shape index (κ1) is 7.61. The minimum atomic E-state index is 0. The second-order valence-corrected chi connectivity index (χ2v) is 1.19. The Morgan fingerprint density at radius 1 is 1.25 bits per heavy atom. The Morgan fingerprint density at radius 2 is 1.75 bits per heavy atom. The molecule has 44 valence electrons. The van der Waals surface area contributed by atoms with E-state index in [-0.39, 0.29) is 24.0 Å². The zero-order valence-corrected chi connectivity index (χ0v) is 6.32. The van der Waals surface area contributed by atoms with Gasteiger partial charge >= 0.3 is 0 Å². The Kier molecular flexibility index (Phi) is 3.42. The van der Waals surface area contributed by atoms with Crippen LogP contribution in [-0.4, -0.2) is 4.98 Å². The van der Waals surface area contributed by atoms with Crippen molar-refractivity contribution in [1.82, 2.24) is 4.98 Å². The number of hydrogen-bond acceptors (Lipinski definition) is 2. The van der Waals surface area contributed by atoms with E-state index >= 15 is 0 Å². The molecule has 1 aromatic heterocycles. The van der Waals surface area contributed by atoms with Gasteiger partial charge in [0.25, 0.3) is 0 Å². The van der Waals surface area contributed by atoms with Crippen LogP contribution in [0.4, 0.5) is 0 Å². The molecule has 0 aliphatic carbocycles. The summed E-state index contributed by atoms with van der Waals surface area (Å²) in [6, 6.07) is 0. The van der Waals surface area contributed by atoms with E-state index in [1.54, 1.807) is 24.8 Å². The fourth-order valence-electron chi connectivity index (χ4n) is 0.330. The average molecular weight is 223 g/mol. The lowest BCUT2D eigenvalue weighted by atomic mass is 10.8. The molecule has 0 aliphatic heterocycles. The number of nitrogens with zero attached hydrogens (tertiary/aromatic N) is 2. The summed E-state index contributed by atoms with van der Waals surface area (Å²) in [5.41, 5.74) is 0. The molecule has 4 heteroatoms. The van der Waals surface area contributed by atoms with Gasteiger partial charge in [0.1, 0.15) is 0 Å². The van der Waals surface area contributed by atoms with Crippen molar-refractivity contribution in [2.24, 2.45) is 0 Å². The van der Waals surface area contributed by atoms with Crippen LogP contribution >= 0.6 is 0 Å². The SMILES string of the molecule is N[n+]1ccncc1.[I-]. The first-order chi connectivity index (χ1) is 3.39. The first-order valence-corrected chi connectivity index (χ1v) is 1.96. The summed E-state index contributed by atoms with van der Waals surface area (Å²) in [6.07, 6.45) is 6.58. The van der Waals surface area contributed by atoms with Crippen LogP contribution in [0.3, 0.4) is 0 Å². The second kappa shape index (κ2) is 3.59. The molecule has 1 heterocycles. The summed E-state index contributed by atoms with van der Waals surface area (Å²) >= 11 is 0. The molecule has 0 aliphatic rings. The molecule has 2 N–H and O–H groups in total. The Labute approximate surface area is 64.5 Å². The molecule has 0 aromatic carbocycles. The molecule has 0 amide bonds. The molecule has 0 unspecified atom stereocenters. The molecule has 0 saturated heterocycles. The van der Waals surface area contributed by atoms with Crippen molar-refractivity contribution >= 4 is 0 Å². The first-order valence-electron chi connectivity index (χ1n) is 1.96. The van der Waals surface area contributed by atoms with Crippen molar-refractivity contribution in [2.75, 3.05) is 5.84 Å². The van der Waals surface area contributed by atoms with Gasteiger partial charge in [-0.05, 0) is 0 Å². The molecular formula is C4H6IN3. The molecule has 0 radical (unpaired) electrons. The second-order valence-electron chi connectivity index (χ2n) is 1.19. The number of rotatable bonds is 0. The van der Waals surface area contributed by atoms with Crippen molar-refractivity contribution in [3.8, 4) is 0 Å². The van der Waals surface area contributed by atoms with E-state index in [2.05, 4.69) is 4.98 Å². The Morgan fingerprint density at radius 3 is 2.00 bits per heavy atom. The lowest BCUT2D eigenvalue weighted by Crippen LogP contribution is -3.00. The highest BCUT2D eigenvalue weighted by Gasteiger charge is 1.81. The molecular weight excluding hydrogens is 217 g/mol. The van der Waals surface area contributed by atoms with E-state index in [0.29, 0.717) is 0 Å². The van der Waals surface area contributed by atoms with Gasteiger partial charge in [-0.2, -0.15) is 0 Å². The molecule has 0 saturated carbocycles. The molecule has 1 aromatic rings. The highest BCUT2D eigenvalue weighted by molar-refractivity contribution is 4.62. The summed E-state index contributed by atoms with van der Waals surface area (Å²) in [5.74, 6) is 5.23. The van der Waals surface area contributed by atoms with Crippen LogP contribution in [0.25, 0.3) is 0 Å². The standard InChI is InChI=1S/C4H6N3.HI/c5-7-3-1-6-2-4-7;/h1-4H,(H2,5,6);1H/q+1;/p-1. The number of halogens is 1. The minimum Gasteiger partial charge on any atom is -1.00 e. The van der Waals surface area contributed by atoms with E-state index in [1.165, 1.54) is 4.68 Å². The van der Waals surface area contributed by atoms with Crippen LogP contribution in [-0.2, 0) is 0 Å². The van der Waals surface area contributed by atoms with Gasteiger partial charge in [0.2, 0.25) is 12.4 Å². The van der Waals surface area contributed by atoms with Crippen molar-refractivity contribution in [2.45, 2.75) is 0 Å². The van der Waals surface area contributed by atoms with Crippen LogP contribution in [0.15, 0.2) is 24.8 Å². The van der Waals surface area contributed by atoms with E-state index in [4.69, 9.17) is 5.84 Å². The predicted octanol–water partition coefficient (Wildman–Crippen LogP) is -3.91. The summed E-state index contributed by atoms with van der Waals surface area (Å²) in [7, 11) is 0. The molecule has 3 nitrogen and oxygen atoms in total. The van der Waals surface area contributed by atoms with Gasteiger partial charge < -0.3 is 24.0 Å². The van der Waals surface area contributed by atoms with E-state index in [9.17, 15) is 0 Å². The summed E-state index contributed by atoms with van der Waals surface area (Å²) in [4.78, 5) is 3.74. The fourth-order valence-corrected chi connectivity index (χ4v) is 0.330. The van der Waals surface area contributed by atoms with Crippen LogP contribution < -0.4 is 34.5 Å². The minimum absolute atomic E-state index is 0. The largest absolute Gasteiger partial charge is 1.00 e. The van der Waals surface area contributed by atoms with Crippen LogP contribution in [0, 0.1) is 0 Å². The van der Waals surface area contributed by atoms with Crippen LogP contribution in [0.1, 0.15) is 0 Å². The Hall–Kier alpha value is -0.390. The number of nitrogens with two attached hydrogens (primary N) is 1. The monoisotopic (exact) mass is 223 g/mol. The van der Waals surface area contributed by atoms with Gasteiger partial charge in [-0.1, -0.05) is 4.68 Å². The van der Waals surface area contributed by atoms with Crippen molar-refractivity contribution in [3.63, 3.8) is 0 Å². The molecule has 8 heavy (non-hydrogen) atoms. The third-order valence-corrected chi connectivity index (χ3v) is 0.650. The fraction of sp³-hybridized carbons (Fsp3) is 0. The third-order valence-electron chi connectivity index (χ3n) is 0.650. The number of aromatic nitrogens is 2. The maximum absolute atomic E-state index is 5.23. The summed E-state index contributed by atoms with van der Waals surface area (Å²) < 4.78 is 1.44. The van der Waals surface area contributed by atoms with Gasteiger partial charge in [0.05, 0.1) is 12.4 Å². The zero-order chi connectivity index (χ0) is 5.11. The molecule has 0 spiro atoms. The maximum Gasteiger partial charge on any atom is 0.217 e. The smallest absolute Gasteiger partial charge is 0.217 e. The highest BCUT2D eigenvalue weighted by atomic mass is 127. The van der Waals surface area contributed by atoms with E-state index < -0.39 is 0 Å². The van der Waals surface area contributed by atoms with E-state index in [1.807, 2.05) is 0 Å². The zero-order valence-electron chi connectivity index (χ0n) is 4.16. The normalized spacial score (nSPS) is 7.50. The Balaban J connectivity index is 0.000000490. The van der Waals surface area contributed by atoms with Crippen molar-refractivity contribution < 1.29 is 28.7 Å². The molecule has 0 atom stereocenters. The van der Waals surface area contributed by atoms with Gasteiger partial charge in [-0.25, -0.2) is 5.84 Å². The lowest BCUT2D eigenvalue weighted by molar-refractivity contribution is -0.639. The Bertz CT molecular complexity index is 141. The summed E-state index contributed by atoms with van der Waals surface area (Å²) in [5, 5.41) is 0. The molecule has 0 bridgehead atoms. The van der Waals surface area contributed by atoms with Gasteiger partial charge in [0.15, 0.2) is 0 Å². The quantitative estimate of drug-likeness (QED) is 0.277. The van der Waals surface area contributed by atoms with Crippen molar-refractivity contribution in [3.05, 3.63) is 24.8 Å². The lowest BCUT2D eigenvalue weighted by Gasteiger charge is -1.76. The molecule has 0 fully saturated rings. The number of nitrogen functional groups attached to an aromatic ring is 1. The average Bonchev–Trinajstić information content (AvgIpc) is 1.69. The van der Waals surface area contributed by atoms with Gasteiger partial charge in [-0.15, -0.1) is 0 Å². The highest BCUT2D eigenvalue weighted by Crippen LogP contribution is 1.61. The van der Waals surface area contributed by atoms with Gasteiger partial charge in [-0.3, -0.25) is 4.98 Å². The van der Waals surface area contributed by atoms with Crippen LogP contribution in [0.2, 0.25) is 0 Å². The topological polar surface area (TPSA) is 42.8 Å². The third kappa shape index (κ3) is 2.06. The van der Waals surface area contributed by atoms with Crippen LogP contribution in [0.5, 0.6) is 0 Å². The van der Waals surface area contributed by atoms with Gasteiger partial charge in [0, 0.05) is 0 Å². The maximum atomic E-state index is 5.23. The van der Waals surface area contributed by atoms with E-state index in [0.717, 1.165) is 0 Å². The number of hydrogen-bond donors (Lipinski definition) is 1. The van der Waals surface area contributed by atoms with Crippen molar-refractivity contribution in [1.29, 1.82) is 0 Å². The molecule has 1 rings (SSSR count). The summed E-state index contributed by atoms with van der Waals surface area (Å²) in [6.45, 7) is 0. The predicted molar refractivity (Wildman–Crippen MR) is 24.6 cm³/mol.